The van der Waals surface area contributed by atoms with E-state index in [9.17, 15) is 13.2 Å². The van der Waals surface area contributed by atoms with Crippen LogP contribution in [0.3, 0.4) is 0 Å². The van der Waals surface area contributed by atoms with Gasteiger partial charge in [0, 0.05) is 17.8 Å². The Balaban J connectivity index is 1.85. The number of benzene rings is 3. The van der Waals surface area contributed by atoms with E-state index in [2.05, 4.69) is 19.2 Å². The van der Waals surface area contributed by atoms with Crippen molar-refractivity contribution in [3.05, 3.63) is 89.5 Å². The van der Waals surface area contributed by atoms with Crippen molar-refractivity contribution in [2.45, 2.75) is 38.5 Å². The highest BCUT2D eigenvalue weighted by Crippen LogP contribution is 2.26. The second-order valence-corrected chi connectivity index (χ2v) is 9.00. The molecule has 0 aliphatic carbocycles. The monoisotopic (exact) mass is 436 g/mol. The molecule has 0 spiro atoms. The maximum absolute atomic E-state index is 13.0. The van der Waals surface area contributed by atoms with E-state index in [1.807, 2.05) is 18.2 Å². The Morgan fingerprint density at radius 1 is 0.806 bits per heavy atom. The fourth-order valence-corrected chi connectivity index (χ4v) is 5.07. The Morgan fingerprint density at radius 2 is 1.39 bits per heavy atom. The third-order valence-electron chi connectivity index (χ3n) is 5.27. The molecule has 0 saturated heterocycles. The normalized spacial score (nSPS) is 11.2. The van der Waals surface area contributed by atoms with E-state index in [1.165, 1.54) is 4.31 Å². The first kappa shape index (κ1) is 22.6. The van der Waals surface area contributed by atoms with E-state index in [1.54, 1.807) is 61.5 Å². The van der Waals surface area contributed by atoms with Gasteiger partial charge in [-0.1, -0.05) is 50.2 Å². The maximum Gasteiger partial charge on any atom is 0.264 e. The summed E-state index contributed by atoms with van der Waals surface area (Å²) in [5, 5.41) is 3.05. The summed E-state index contributed by atoms with van der Waals surface area (Å²) < 4.78 is 27.4. The standard InChI is InChI=1S/C25H28N2O3S/c1-4-19-11-10-12-20(5-2)24(19)26-25(28)21-15-17-22(18-16-21)27(6-3)31(29,30)23-13-8-7-9-14-23/h7-18H,4-6H2,1-3H3,(H,26,28). The predicted octanol–water partition coefficient (Wildman–Crippen LogP) is 5.28. The van der Waals surface area contributed by atoms with E-state index in [0.717, 1.165) is 29.7 Å². The Morgan fingerprint density at radius 3 is 1.90 bits per heavy atom. The zero-order chi connectivity index (χ0) is 22.4. The number of nitrogens with zero attached hydrogens (tertiary/aromatic N) is 1. The summed E-state index contributed by atoms with van der Waals surface area (Å²) in [6.07, 6.45) is 1.65. The molecule has 0 heterocycles. The number of hydrogen-bond acceptors (Lipinski definition) is 3. The van der Waals surface area contributed by atoms with E-state index >= 15 is 0 Å². The van der Waals surface area contributed by atoms with Crippen LogP contribution in [-0.4, -0.2) is 20.9 Å². The van der Waals surface area contributed by atoms with Crippen LogP contribution in [0.2, 0.25) is 0 Å². The topological polar surface area (TPSA) is 66.5 Å². The molecule has 0 aliphatic rings. The van der Waals surface area contributed by atoms with Gasteiger partial charge in [0.25, 0.3) is 15.9 Å². The Hall–Kier alpha value is -3.12. The molecule has 3 rings (SSSR count). The molecule has 0 aliphatic heterocycles. The molecule has 5 nitrogen and oxygen atoms in total. The summed E-state index contributed by atoms with van der Waals surface area (Å²) in [6.45, 7) is 6.19. The maximum atomic E-state index is 13.0. The molecule has 6 heteroatoms. The molecule has 0 saturated carbocycles. The molecule has 1 amide bonds. The van der Waals surface area contributed by atoms with Gasteiger partial charge < -0.3 is 5.32 Å². The molecule has 3 aromatic rings. The first-order chi connectivity index (χ1) is 14.9. The van der Waals surface area contributed by atoms with Crippen LogP contribution in [0, 0.1) is 0 Å². The van der Waals surface area contributed by atoms with Crippen molar-refractivity contribution in [1.29, 1.82) is 0 Å². The zero-order valence-electron chi connectivity index (χ0n) is 18.1. The summed E-state index contributed by atoms with van der Waals surface area (Å²) in [5.74, 6) is -0.212. The number of sulfonamides is 1. The molecule has 0 unspecified atom stereocenters. The van der Waals surface area contributed by atoms with Crippen LogP contribution in [-0.2, 0) is 22.9 Å². The lowest BCUT2D eigenvalue weighted by molar-refractivity contribution is 0.102. The van der Waals surface area contributed by atoms with Crippen LogP contribution in [0.1, 0.15) is 42.3 Å². The number of nitrogens with one attached hydrogen (secondary N) is 1. The highest BCUT2D eigenvalue weighted by atomic mass is 32.2. The van der Waals surface area contributed by atoms with Crippen molar-refractivity contribution in [3.63, 3.8) is 0 Å². The van der Waals surface area contributed by atoms with Crippen molar-refractivity contribution in [3.8, 4) is 0 Å². The quantitative estimate of drug-likeness (QED) is 0.522. The van der Waals surface area contributed by atoms with Gasteiger partial charge in [-0.2, -0.15) is 0 Å². The molecule has 0 atom stereocenters. The van der Waals surface area contributed by atoms with Crippen molar-refractivity contribution < 1.29 is 13.2 Å². The average molecular weight is 437 g/mol. The molecule has 0 fully saturated rings. The van der Waals surface area contributed by atoms with Crippen LogP contribution < -0.4 is 9.62 Å². The smallest absolute Gasteiger partial charge is 0.264 e. The number of rotatable bonds is 8. The molecule has 3 aromatic carbocycles. The van der Waals surface area contributed by atoms with Crippen LogP contribution in [0.15, 0.2) is 77.7 Å². The summed E-state index contributed by atoms with van der Waals surface area (Å²) in [4.78, 5) is 13.1. The largest absolute Gasteiger partial charge is 0.321 e. The molecular weight excluding hydrogens is 408 g/mol. The van der Waals surface area contributed by atoms with Gasteiger partial charge in [0.1, 0.15) is 0 Å². The van der Waals surface area contributed by atoms with E-state index in [4.69, 9.17) is 0 Å². The molecular formula is C25H28N2O3S. The van der Waals surface area contributed by atoms with Gasteiger partial charge in [0.15, 0.2) is 0 Å². The average Bonchev–Trinajstić information content (AvgIpc) is 2.80. The van der Waals surface area contributed by atoms with Gasteiger partial charge in [-0.05, 0) is 67.3 Å². The highest BCUT2D eigenvalue weighted by molar-refractivity contribution is 7.92. The Kier molecular flexibility index (Phi) is 7.13. The third-order valence-corrected chi connectivity index (χ3v) is 7.19. The lowest BCUT2D eigenvalue weighted by Crippen LogP contribution is -2.30. The summed E-state index contributed by atoms with van der Waals surface area (Å²) >= 11 is 0. The number of aryl methyl sites for hydroxylation is 2. The Bertz CT molecular complexity index is 1120. The van der Waals surface area contributed by atoms with Crippen molar-refractivity contribution in [2.75, 3.05) is 16.2 Å². The second-order valence-electron chi connectivity index (χ2n) is 7.14. The first-order valence-electron chi connectivity index (χ1n) is 10.5. The van der Waals surface area contributed by atoms with E-state index in [-0.39, 0.29) is 17.3 Å². The van der Waals surface area contributed by atoms with Crippen molar-refractivity contribution >= 4 is 27.3 Å². The van der Waals surface area contributed by atoms with Gasteiger partial charge in [-0.3, -0.25) is 9.10 Å². The molecule has 162 valence electrons. The fraction of sp³-hybridized carbons (Fsp3) is 0.240. The van der Waals surface area contributed by atoms with Crippen molar-refractivity contribution in [1.82, 2.24) is 0 Å². The molecule has 0 aromatic heterocycles. The number of amides is 1. The van der Waals surface area contributed by atoms with Crippen LogP contribution in [0.4, 0.5) is 11.4 Å². The number of hydrogen-bond donors (Lipinski definition) is 1. The second kappa shape index (κ2) is 9.79. The predicted molar refractivity (Wildman–Crippen MR) is 126 cm³/mol. The minimum Gasteiger partial charge on any atom is -0.321 e. The van der Waals surface area contributed by atoms with E-state index < -0.39 is 10.0 Å². The summed E-state index contributed by atoms with van der Waals surface area (Å²) in [7, 11) is -3.67. The fourth-order valence-electron chi connectivity index (χ4n) is 3.58. The summed E-state index contributed by atoms with van der Waals surface area (Å²) in [6, 6.07) is 21.1. The van der Waals surface area contributed by atoms with Gasteiger partial charge in [-0.15, -0.1) is 0 Å². The van der Waals surface area contributed by atoms with Gasteiger partial charge >= 0.3 is 0 Å². The van der Waals surface area contributed by atoms with Gasteiger partial charge in [0.2, 0.25) is 0 Å². The van der Waals surface area contributed by atoms with Gasteiger partial charge in [-0.25, -0.2) is 8.42 Å². The minimum atomic E-state index is -3.67. The number of carbonyl (C=O) groups excluding carboxylic acids is 1. The lowest BCUT2D eigenvalue weighted by atomic mass is 10.0. The highest BCUT2D eigenvalue weighted by Gasteiger charge is 2.23. The number of anilines is 2. The van der Waals surface area contributed by atoms with Gasteiger partial charge in [0.05, 0.1) is 10.6 Å². The third kappa shape index (κ3) is 4.80. The van der Waals surface area contributed by atoms with Crippen LogP contribution in [0.25, 0.3) is 0 Å². The number of para-hydroxylation sites is 1. The van der Waals surface area contributed by atoms with Crippen LogP contribution >= 0.6 is 0 Å². The first-order valence-corrected chi connectivity index (χ1v) is 12.0. The molecule has 31 heavy (non-hydrogen) atoms. The summed E-state index contributed by atoms with van der Waals surface area (Å²) in [5.41, 5.74) is 4.05. The minimum absolute atomic E-state index is 0.212. The number of carbonyl (C=O) groups is 1. The molecule has 0 radical (unpaired) electrons. The SMILES string of the molecule is CCc1cccc(CC)c1NC(=O)c1ccc(N(CC)S(=O)(=O)c2ccccc2)cc1. The lowest BCUT2D eigenvalue weighted by Gasteiger charge is -2.23. The molecule has 0 bridgehead atoms. The molecule has 1 N–H and O–H groups in total. The van der Waals surface area contributed by atoms with Crippen LogP contribution in [0.5, 0.6) is 0 Å². The van der Waals surface area contributed by atoms with E-state index in [0.29, 0.717) is 11.3 Å². The Labute approximate surface area is 184 Å². The zero-order valence-corrected chi connectivity index (χ0v) is 18.9. The van der Waals surface area contributed by atoms with Crippen molar-refractivity contribution in [2.24, 2.45) is 0 Å².